The van der Waals surface area contributed by atoms with E-state index in [1.807, 2.05) is 0 Å². The maximum absolute atomic E-state index is 12.3. The first-order valence-electron chi connectivity index (χ1n) is 5.06. The predicted molar refractivity (Wildman–Crippen MR) is 60.5 cm³/mol. The molecule has 0 aromatic carbocycles. The number of aromatic nitrogens is 1. The van der Waals surface area contributed by atoms with E-state index in [1.54, 1.807) is 0 Å². The molecule has 0 fully saturated rings. The molecule has 0 saturated heterocycles. The highest BCUT2D eigenvalue weighted by Crippen LogP contribution is 2.22. The van der Waals surface area contributed by atoms with Gasteiger partial charge in [0.1, 0.15) is 12.4 Å². The lowest BCUT2D eigenvalue weighted by molar-refractivity contribution is -0.136. The van der Waals surface area contributed by atoms with Crippen LogP contribution >= 0.6 is 0 Å². The molecule has 1 rings (SSSR count). The topological polar surface area (TPSA) is 96.5 Å². The molecule has 0 radical (unpaired) electrons. The Kier molecular flexibility index (Phi) is 4.71. The second-order valence-electron chi connectivity index (χ2n) is 3.59. The molecule has 0 aliphatic carbocycles. The number of hydrogen-bond donors (Lipinski definition) is 2. The summed E-state index contributed by atoms with van der Waals surface area (Å²) in [6.45, 7) is -3.07. The minimum absolute atomic E-state index is 0.128. The molecule has 0 aliphatic heterocycles. The van der Waals surface area contributed by atoms with Crippen LogP contribution in [-0.2, 0) is 10.0 Å². The number of aliphatic hydroxyl groups excluding tert-OH is 1. The first-order chi connectivity index (χ1) is 8.66. The standard InChI is InChI=1S/C9H12F3N3O3S/c10-9(11,12)6-15(3-4-16)19(17,18)7-1-2-14-8(13)5-7/h1-2,5,16H,3-4,6H2,(H2,13,14). The maximum atomic E-state index is 12.3. The van der Waals surface area contributed by atoms with Crippen LogP contribution < -0.4 is 5.73 Å². The average molecular weight is 299 g/mol. The van der Waals surface area contributed by atoms with Gasteiger partial charge in [-0.05, 0) is 6.07 Å². The van der Waals surface area contributed by atoms with Crippen molar-refractivity contribution in [2.75, 3.05) is 25.4 Å². The van der Waals surface area contributed by atoms with Crippen LogP contribution in [0.4, 0.5) is 19.0 Å². The van der Waals surface area contributed by atoms with Gasteiger partial charge in [-0.3, -0.25) is 0 Å². The van der Waals surface area contributed by atoms with Gasteiger partial charge >= 0.3 is 6.18 Å². The number of rotatable bonds is 5. The third-order valence-electron chi connectivity index (χ3n) is 2.10. The van der Waals surface area contributed by atoms with E-state index in [2.05, 4.69) is 4.98 Å². The van der Waals surface area contributed by atoms with E-state index in [0.717, 1.165) is 18.3 Å². The zero-order chi connectivity index (χ0) is 14.7. The lowest BCUT2D eigenvalue weighted by atomic mass is 10.5. The monoisotopic (exact) mass is 299 g/mol. The van der Waals surface area contributed by atoms with E-state index in [0.29, 0.717) is 0 Å². The van der Waals surface area contributed by atoms with Crippen molar-refractivity contribution in [1.29, 1.82) is 0 Å². The molecule has 0 amide bonds. The lowest BCUT2D eigenvalue weighted by Gasteiger charge is -2.22. The molecule has 1 heterocycles. The second-order valence-corrected chi connectivity index (χ2v) is 5.53. The van der Waals surface area contributed by atoms with Gasteiger partial charge in [-0.2, -0.15) is 17.5 Å². The summed E-state index contributed by atoms with van der Waals surface area (Å²) in [6.07, 6.45) is -3.63. The summed E-state index contributed by atoms with van der Waals surface area (Å²) in [6, 6.07) is 1.99. The minimum atomic E-state index is -4.71. The van der Waals surface area contributed by atoms with Gasteiger partial charge in [0.2, 0.25) is 10.0 Å². The maximum Gasteiger partial charge on any atom is 0.402 e. The molecule has 0 bridgehead atoms. The van der Waals surface area contributed by atoms with Crippen molar-refractivity contribution >= 4 is 15.8 Å². The van der Waals surface area contributed by atoms with Crippen LogP contribution in [-0.4, -0.2) is 48.7 Å². The molecule has 1 aromatic heterocycles. The first-order valence-corrected chi connectivity index (χ1v) is 6.50. The average Bonchev–Trinajstić information content (AvgIpc) is 2.26. The smallest absolute Gasteiger partial charge is 0.395 e. The van der Waals surface area contributed by atoms with Gasteiger partial charge in [0, 0.05) is 18.8 Å². The number of alkyl halides is 3. The molecule has 0 spiro atoms. The fraction of sp³-hybridized carbons (Fsp3) is 0.444. The van der Waals surface area contributed by atoms with Crippen LogP contribution in [0.5, 0.6) is 0 Å². The minimum Gasteiger partial charge on any atom is -0.395 e. The molecule has 10 heteroatoms. The van der Waals surface area contributed by atoms with Crippen LogP contribution in [0.3, 0.4) is 0 Å². The predicted octanol–water partition coefficient (Wildman–Crippen LogP) is 0.209. The van der Waals surface area contributed by atoms with E-state index in [4.69, 9.17) is 10.8 Å². The quantitative estimate of drug-likeness (QED) is 0.810. The van der Waals surface area contributed by atoms with Crippen LogP contribution in [0.15, 0.2) is 23.2 Å². The summed E-state index contributed by atoms with van der Waals surface area (Å²) in [5.74, 6) is -0.128. The van der Waals surface area contributed by atoms with Crippen molar-refractivity contribution in [3.63, 3.8) is 0 Å². The Labute approximate surface area is 107 Å². The van der Waals surface area contributed by atoms with E-state index in [1.165, 1.54) is 0 Å². The Balaban J connectivity index is 3.13. The molecule has 1 aromatic rings. The van der Waals surface area contributed by atoms with Gasteiger partial charge in [0.05, 0.1) is 11.5 Å². The highest BCUT2D eigenvalue weighted by atomic mass is 32.2. The van der Waals surface area contributed by atoms with E-state index in [-0.39, 0.29) is 10.1 Å². The number of sulfonamides is 1. The van der Waals surface area contributed by atoms with Gasteiger partial charge < -0.3 is 10.8 Å². The fourth-order valence-corrected chi connectivity index (χ4v) is 2.77. The van der Waals surface area contributed by atoms with Crippen molar-refractivity contribution in [3.8, 4) is 0 Å². The SMILES string of the molecule is Nc1cc(S(=O)(=O)N(CCO)CC(F)(F)F)ccn1. The Bertz CT molecular complexity index is 533. The van der Waals surface area contributed by atoms with Crippen LogP contribution in [0.2, 0.25) is 0 Å². The number of halogens is 3. The number of hydrogen-bond acceptors (Lipinski definition) is 5. The molecule has 108 valence electrons. The van der Waals surface area contributed by atoms with Crippen molar-refractivity contribution < 1.29 is 26.7 Å². The molecular weight excluding hydrogens is 287 g/mol. The van der Waals surface area contributed by atoms with Crippen LogP contribution in [0, 0.1) is 0 Å². The summed E-state index contributed by atoms with van der Waals surface area (Å²) in [5, 5.41) is 8.69. The zero-order valence-electron chi connectivity index (χ0n) is 9.63. The Morgan fingerprint density at radius 1 is 1.42 bits per heavy atom. The largest absolute Gasteiger partial charge is 0.402 e. The van der Waals surface area contributed by atoms with Crippen molar-refractivity contribution in [2.45, 2.75) is 11.1 Å². The number of nitrogen functional groups attached to an aromatic ring is 1. The summed E-state index contributed by atoms with van der Waals surface area (Å²) >= 11 is 0. The van der Waals surface area contributed by atoms with Gasteiger partial charge in [0.15, 0.2) is 0 Å². The van der Waals surface area contributed by atoms with Gasteiger partial charge in [-0.15, -0.1) is 0 Å². The van der Waals surface area contributed by atoms with E-state index < -0.39 is 40.8 Å². The zero-order valence-corrected chi connectivity index (χ0v) is 10.4. The van der Waals surface area contributed by atoms with E-state index >= 15 is 0 Å². The van der Waals surface area contributed by atoms with Gasteiger partial charge in [0.25, 0.3) is 0 Å². The van der Waals surface area contributed by atoms with Crippen LogP contribution in [0.1, 0.15) is 0 Å². The van der Waals surface area contributed by atoms with Crippen molar-refractivity contribution in [1.82, 2.24) is 9.29 Å². The number of aliphatic hydroxyl groups is 1. The molecule has 3 N–H and O–H groups in total. The summed E-state index contributed by atoms with van der Waals surface area (Å²) in [5.41, 5.74) is 5.29. The summed E-state index contributed by atoms with van der Waals surface area (Å²) in [4.78, 5) is 3.15. The number of anilines is 1. The highest BCUT2D eigenvalue weighted by molar-refractivity contribution is 7.89. The molecule has 0 unspecified atom stereocenters. The van der Waals surface area contributed by atoms with Gasteiger partial charge in [-0.25, -0.2) is 13.4 Å². The first kappa shape index (κ1) is 15.7. The number of nitrogens with two attached hydrogens (primary N) is 1. The number of nitrogens with zero attached hydrogens (tertiary/aromatic N) is 2. The molecule has 6 nitrogen and oxygen atoms in total. The second kappa shape index (κ2) is 5.72. The third kappa shape index (κ3) is 4.33. The third-order valence-corrected chi connectivity index (χ3v) is 3.94. The highest BCUT2D eigenvalue weighted by Gasteiger charge is 2.36. The lowest BCUT2D eigenvalue weighted by Crippen LogP contribution is -2.40. The Morgan fingerprint density at radius 2 is 2.05 bits per heavy atom. The van der Waals surface area contributed by atoms with E-state index in [9.17, 15) is 21.6 Å². The molecule has 0 aliphatic rings. The Hall–Kier alpha value is -1.39. The molecular formula is C9H12F3N3O3S. The fourth-order valence-electron chi connectivity index (χ4n) is 1.33. The normalized spacial score (nSPS) is 12.9. The summed E-state index contributed by atoms with van der Waals surface area (Å²) in [7, 11) is -4.39. The van der Waals surface area contributed by atoms with Crippen molar-refractivity contribution in [3.05, 3.63) is 18.3 Å². The molecule has 0 atom stereocenters. The Morgan fingerprint density at radius 3 is 2.53 bits per heavy atom. The van der Waals surface area contributed by atoms with Gasteiger partial charge in [-0.1, -0.05) is 0 Å². The van der Waals surface area contributed by atoms with Crippen molar-refractivity contribution in [2.24, 2.45) is 0 Å². The van der Waals surface area contributed by atoms with Crippen LogP contribution in [0.25, 0.3) is 0 Å². The summed E-state index contributed by atoms with van der Waals surface area (Å²) < 4.78 is 61.1. The molecule has 0 saturated carbocycles. The molecule has 19 heavy (non-hydrogen) atoms. The number of pyridine rings is 1.